The van der Waals surface area contributed by atoms with Gasteiger partial charge in [0, 0.05) is 17.8 Å². The molecule has 0 atom stereocenters. The minimum atomic E-state index is -0.713. The maximum atomic E-state index is 10.6. The summed E-state index contributed by atoms with van der Waals surface area (Å²) in [6, 6.07) is 0. The fourth-order valence-electron chi connectivity index (χ4n) is 1.81. The van der Waals surface area contributed by atoms with E-state index in [1.54, 1.807) is 11.3 Å². The molecule has 4 nitrogen and oxygen atoms in total. The SMILES string of the molecule is Cc1nc(CNCCC(C)(C)CCC(=O)O)sc1C. The van der Waals surface area contributed by atoms with Gasteiger partial charge in [-0.15, -0.1) is 11.3 Å². The predicted molar refractivity (Wildman–Crippen MR) is 78.6 cm³/mol. The summed E-state index contributed by atoms with van der Waals surface area (Å²) in [6.07, 6.45) is 1.95. The van der Waals surface area contributed by atoms with Crippen LogP contribution in [0.25, 0.3) is 0 Å². The molecule has 108 valence electrons. The molecule has 2 N–H and O–H groups in total. The maximum Gasteiger partial charge on any atom is 0.303 e. The number of carboxylic acids is 1. The van der Waals surface area contributed by atoms with Gasteiger partial charge in [-0.3, -0.25) is 4.79 Å². The van der Waals surface area contributed by atoms with Gasteiger partial charge in [-0.05, 0) is 38.6 Å². The summed E-state index contributed by atoms with van der Waals surface area (Å²) >= 11 is 1.74. The quantitative estimate of drug-likeness (QED) is 0.720. The van der Waals surface area contributed by atoms with Crippen LogP contribution in [-0.2, 0) is 11.3 Å². The van der Waals surface area contributed by atoms with Gasteiger partial charge in [-0.1, -0.05) is 13.8 Å². The van der Waals surface area contributed by atoms with Crippen LogP contribution in [0.5, 0.6) is 0 Å². The zero-order chi connectivity index (χ0) is 14.5. The van der Waals surface area contributed by atoms with Crippen LogP contribution in [-0.4, -0.2) is 22.6 Å². The largest absolute Gasteiger partial charge is 0.481 e. The molecular weight excluding hydrogens is 260 g/mol. The van der Waals surface area contributed by atoms with Crippen LogP contribution in [0, 0.1) is 19.3 Å². The first-order valence-corrected chi connectivity index (χ1v) is 7.47. The van der Waals surface area contributed by atoms with Crippen molar-refractivity contribution in [1.82, 2.24) is 10.3 Å². The van der Waals surface area contributed by atoms with E-state index in [-0.39, 0.29) is 11.8 Å². The Morgan fingerprint density at radius 1 is 1.37 bits per heavy atom. The van der Waals surface area contributed by atoms with Crippen molar-refractivity contribution in [3.05, 3.63) is 15.6 Å². The lowest BCUT2D eigenvalue weighted by Gasteiger charge is -2.23. The Balaban J connectivity index is 2.24. The molecule has 0 saturated carbocycles. The number of carbonyl (C=O) groups is 1. The number of nitrogens with zero attached hydrogens (tertiary/aromatic N) is 1. The third kappa shape index (κ3) is 6.16. The third-order valence-electron chi connectivity index (χ3n) is 3.34. The van der Waals surface area contributed by atoms with Gasteiger partial charge in [-0.2, -0.15) is 0 Å². The molecule has 0 fully saturated rings. The summed E-state index contributed by atoms with van der Waals surface area (Å²) in [7, 11) is 0. The Morgan fingerprint density at radius 2 is 2.05 bits per heavy atom. The Morgan fingerprint density at radius 3 is 2.58 bits per heavy atom. The molecule has 0 aliphatic rings. The summed E-state index contributed by atoms with van der Waals surface area (Å²) in [6.45, 7) is 10.1. The zero-order valence-corrected chi connectivity index (χ0v) is 13.1. The molecule has 0 amide bonds. The molecule has 1 aromatic rings. The van der Waals surface area contributed by atoms with Crippen molar-refractivity contribution in [1.29, 1.82) is 0 Å². The molecule has 0 spiro atoms. The minimum Gasteiger partial charge on any atom is -0.481 e. The molecule has 1 rings (SSSR count). The van der Waals surface area contributed by atoms with Gasteiger partial charge in [0.05, 0.1) is 5.69 Å². The lowest BCUT2D eigenvalue weighted by molar-refractivity contribution is -0.137. The number of aliphatic carboxylic acids is 1. The zero-order valence-electron chi connectivity index (χ0n) is 12.2. The van der Waals surface area contributed by atoms with E-state index in [0.29, 0.717) is 0 Å². The van der Waals surface area contributed by atoms with E-state index >= 15 is 0 Å². The number of rotatable bonds is 8. The van der Waals surface area contributed by atoms with Crippen LogP contribution in [0.4, 0.5) is 0 Å². The van der Waals surface area contributed by atoms with Crippen molar-refractivity contribution in [3.8, 4) is 0 Å². The standard InChI is InChI=1S/C14H24N2O2S/c1-10-11(2)19-12(16-10)9-15-8-7-14(3,4)6-5-13(17)18/h15H,5-9H2,1-4H3,(H,17,18). The van der Waals surface area contributed by atoms with Gasteiger partial charge < -0.3 is 10.4 Å². The van der Waals surface area contributed by atoms with Gasteiger partial charge in [-0.25, -0.2) is 4.98 Å². The topological polar surface area (TPSA) is 62.2 Å². The molecule has 5 heteroatoms. The summed E-state index contributed by atoms with van der Waals surface area (Å²) in [5.74, 6) is -0.713. The predicted octanol–water partition coefficient (Wildman–Crippen LogP) is 3.13. The van der Waals surface area contributed by atoms with Crippen LogP contribution in [0.1, 0.15) is 48.7 Å². The molecule has 0 aromatic carbocycles. The van der Waals surface area contributed by atoms with Crippen molar-refractivity contribution < 1.29 is 9.90 Å². The van der Waals surface area contributed by atoms with E-state index in [9.17, 15) is 4.79 Å². The highest BCUT2D eigenvalue weighted by molar-refractivity contribution is 7.11. The highest BCUT2D eigenvalue weighted by Crippen LogP contribution is 2.26. The fourth-order valence-corrected chi connectivity index (χ4v) is 2.71. The molecule has 0 saturated heterocycles. The Bertz CT molecular complexity index is 408. The number of nitrogens with one attached hydrogen (secondary N) is 1. The normalized spacial score (nSPS) is 11.8. The molecule has 1 aromatic heterocycles. The first kappa shape index (κ1) is 16.1. The van der Waals surface area contributed by atoms with E-state index in [4.69, 9.17) is 5.11 Å². The third-order valence-corrected chi connectivity index (χ3v) is 4.42. The number of hydrogen-bond donors (Lipinski definition) is 2. The van der Waals surface area contributed by atoms with Gasteiger partial charge in [0.15, 0.2) is 0 Å². The lowest BCUT2D eigenvalue weighted by Crippen LogP contribution is -2.22. The average Bonchev–Trinajstić information content (AvgIpc) is 2.62. The highest BCUT2D eigenvalue weighted by Gasteiger charge is 2.18. The fraction of sp³-hybridized carbons (Fsp3) is 0.714. The van der Waals surface area contributed by atoms with Crippen molar-refractivity contribution in [3.63, 3.8) is 0 Å². The van der Waals surface area contributed by atoms with Gasteiger partial charge >= 0.3 is 5.97 Å². The summed E-state index contributed by atoms with van der Waals surface area (Å²) in [5, 5.41) is 13.2. The van der Waals surface area contributed by atoms with Crippen molar-refractivity contribution in [2.75, 3.05) is 6.54 Å². The summed E-state index contributed by atoms with van der Waals surface area (Å²) < 4.78 is 0. The van der Waals surface area contributed by atoms with Gasteiger partial charge in [0.2, 0.25) is 0 Å². The molecule has 1 heterocycles. The Kier molecular flexibility index (Phi) is 5.94. The Labute approximate surface area is 119 Å². The van der Waals surface area contributed by atoms with Crippen LogP contribution in [0.2, 0.25) is 0 Å². The summed E-state index contributed by atoms with van der Waals surface area (Å²) in [5.41, 5.74) is 1.18. The number of carboxylic acid groups (broad SMARTS) is 1. The van der Waals surface area contributed by atoms with Crippen molar-refractivity contribution >= 4 is 17.3 Å². The van der Waals surface area contributed by atoms with Crippen LogP contribution in [0.3, 0.4) is 0 Å². The summed E-state index contributed by atoms with van der Waals surface area (Å²) in [4.78, 5) is 16.3. The van der Waals surface area contributed by atoms with E-state index < -0.39 is 5.97 Å². The Hall–Kier alpha value is -0.940. The highest BCUT2D eigenvalue weighted by atomic mass is 32.1. The first-order valence-electron chi connectivity index (χ1n) is 6.65. The lowest BCUT2D eigenvalue weighted by atomic mass is 9.84. The van der Waals surface area contributed by atoms with E-state index in [1.165, 1.54) is 4.88 Å². The van der Waals surface area contributed by atoms with Crippen LogP contribution < -0.4 is 5.32 Å². The number of hydrogen-bond acceptors (Lipinski definition) is 4. The van der Waals surface area contributed by atoms with Crippen molar-refractivity contribution in [2.45, 2.75) is 53.5 Å². The average molecular weight is 284 g/mol. The number of aryl methyl sites for hydroxylation is 2. The molecule has 0 unspecified atom stereocenters. The van der Waals surface area contributed by atoms with E-state index in [0.717, 1.165) is 36.6 Å². The first-order chi connectivity index (χ1) is 8.80. The van der Waals surface area contributed by atoms with Crippen LogP contribution >= 0.6 is 11.3 Å². The molecule has 0 aliphatic heterocycles. The molecule has 0 radical (unpaired) electrons. The van der Waals surface area contributed by atoms with Gasteiger partial charge in [0.1, 0.15) is 5.01 Å². The maximum absolute atomic E-state index is 10.6. The van der Waals surface area contributed by atoms with Crippen molar-refractivity contribution in [2.24, 2.45) is 5.41 Å². The molecule has 0 bridgehead atoms. The minimum absolute atomic E-state index is 0.0695. The van der Waals surface area contributed by atoms with E-state index in [2.05, 4.69) is 31.1 Å². The molecule has 19 heavy (non-hydrogen) atoms. The monoisotopic (exact) mass is 284 g/mol. The number of aromatic nitrogens is 1. The smallest absolute Gasteiger partial charge is 0.303 e. The second-order valence-electron chi connectivity index (χ2n) is 5.73. The number of thiazole rings is 1. The molecule has 0 aliphatic carbocycles. The second-order valence-corrected chi connectivity index (χ2v) is 7.02. The van der Waals surface area contributed by atoms with Gasteiger partial charge in [0.25, 0.3) is 0 Å². The molecular formula is C14H24N2O2S. The van der Waals surface area contributed by atoms with Crippen LogP contribution in [0.15, 0.2) is 0 Å². The van der Waals surface area contributed by atoms with E-state index in [1.807, 2.05) is 6.92 Å². The second kappa shape index (κ2) is 7.01.